The van der Waals surface area contributed by atoms with E-state index in [4.69, 9.17) is 19.9 Å². The fraction of sp³-hybridized carbons (Fsp3) is 0.379. The molecular formula is C29H31FN2O5. The summed E-state index contributed by atoms with van der Waals surface area (Å²) in [6.45, 7) is 2.33. The number of carbonyl (C=O) groups is 1. The Kier molecular flexibility index (Phi) is 6.74. The highest BCUT2D eigenvalue weighted by Gasteiger charge is 2.38. The summed E-state index contributed by atoms with van der Waals surface area (Å²) in [7, 11) is 1.54. The molecule has 2 aliphatic rings. The van der Waals surface area contributed by atoms with E-state index in [0.29, 0.717) is 47.2 Å². The Morgan fingerprint density at radius 2 is 1.89 bits per heavy atom. The number of aliphatic hydroxyl groups is 1. The average Bonchev–Trinajstić information content (AvgIpc) is 3.70. The largest absolute Gasteiger partial charge is 0.493 e. The van der Waals surface area contributed by atoms with Crippen LogP contribution in [0.5, 0.6) is 11.5 Å². The Hall–Kier alpha value is -3.33. The fourth-order valence-electron chi connectivity index (χ4n) is 4.28. The summed E-state index contributed by atoms with van der Waals surface area (Å²) < 4.78 is 30.1. The van der Waals surface area contributed by atoms with Crippen molar-refractivity contribution in [2.45, 2.75) is 49.9 Å². The molecule has 2 fully saturated rings. The third-order valence-corrected chi connectivity index (χ3v) is 6.95. The molecule has 2 aromatic carbocycles. The number of ether oxygens (including phenoxy) is 3. The molecule has 1 atom stereocenters. The summed E-state index contributed by atoms with van der Waals surface area (Å²) in [4.78, 5) is 17.7. The van der Waals surface area contributed by atoms with Crippen molar-refractivity contribution in [1.82, 2.24) is 4.98 Å². The molecule has 3 N–H and O–H groups in total. The Morgan fingerprint density at radius 3 is 2.51 bits per heavy atom. The molecule has 1 aliphatic carbocycles. The van der Waals surface area contributed by atoms with Crippen LogP contribution >= 0.6 is 0 Å². The zero-order valence-corrected chi connectivity index (χ0v) is 21.0. The molecule has 1 aliphatic heterocycles. The van der Waals surface area contributed by atoms with Crippen molar-refractivity contribution in [2.24, 2.45) is 5.73 Å². The minimum Gasteiger partial charge on any atom is -0.493 e. The molecule has 0 bridgehead atoms. The van der Waals surface area contributed by atoms with Gasteiger partial charge in [-0.05, 0) is 86.3 Å². The lowest BCUT2D eigenvalue weighted by molar-refractivity contribution is -0.0571. The molecule has 3 aromatic rings. The molecule has 7 nitrogen and oxygen atoms in total. The zero-order chi connectivity index (χ0) is 26.2. The number of halogens is 1. The molecule has 2 heterocycles. The van der Waals surface area contributed by atoms with Gasteiger partial charge in [0.2, 0.25) is 0 Å². The number of nitrogens with zero attached hydrogens (tertiary/aromatic N) is 1. The van der Waals surface area contributed by atoms with E-state index in [1.54, 1.807) is 50.4 Å². The van der Waals surface area contributed by atoms with Crippen molar-refractivity contribution in [3.8, 4) is 22.8 Å². The lowest BCUT2D eigenvalue weighted by atomic mass is 9.85. The van der Waals surface area contributed by atoms with Crippen molar-refractivity contribution in [1.29, 1.82) is 0 Å². The summed E-state index contributed by atoms with van der Waals surface area (Å²) in [6, 6.07) is 14.8. The van der Waals surface area contributed by atoms with Gasteiger partial charge in [-0.15, -0.1) is 0 Å². The van der Waals surface area contributed by atoms with Crippen LogP contribution in [0.15, 0.2) is 54.6 Å². The van der Waals surface area contributed by atoms with Crippen LogP contribution in [0.3, 0.4) is 0 Å². The molecule has 0 spiro atoms. The van der Waals surface area contributed by atoms with E-state index in [9.17, 15) is 14.3 Å². The van der Waals surface area contributed by atoms with E-state index in [2.05, 4.69) is 4.98 Å². The number of aromatic nitrogens is 1. The number of benzene rings is 2. The predicted molar refractivity (Wildman–Crippen MR) is 136 cm³/mol. The maximum absolute atomic E-state index is 13.5. The van der Waals surface area contributed by atoms with Crippen molar-refractivity contribution in [2.75, 3.05) is 20.3 Å². The highest BCUT2D eigenvalue weighted by molar-refractivity contribution is 5.96. The van der Waals surface area contributed by atoms with Gasteiger partial charge in [-0.2, -0.15) is 0 Å². The number of ketones is 1. The first-order valence-electron chi connectivity index (χ1n) is 12.4. The predicted octanol–water partition coefficient (Wildman–Crippen LogP) is 4.49. The second-order valence-corrected chi connectivity index (χ2v) is 10.2. The zero-order valence-electron chi connectivity index (χ0n) is 21.0. The minimum absolute atomic E-state index is 0.0909. The van der Waals surface area contributed by atoms with Crippen LogP contribution in [0.2, 0.25) is 0 Å². The Labute approximate surface area is 215 Å². The maximum Gasteiger partial charge on any atom is 0.163 e. The van der Waals surface area contributed by atoms with Crippen LogP contribution in [0, 0.1) is 5.82 Å². The number of hydrogen-bond acceptors (Lipinski definition) is 7. The Bertz CT molecular complexity index is 1300. The SMILES string of the molecule is COc1cc(C(=O)CCC(C)(O)c2cc(C3(N)COC3)cc(-c3ccc(F)cc3)n2)ccc1OC1CC1. The molecule has 5 rings (SSSR count). The topological polar surface area (TPSA) is 104 Å². The van der Waals surface area contributed by atoms with Crippen LogP contribution < -0.4 is 15.2 Å². The minimum atomic E-state index is -1.42. The van der Waals surface area contributed by atoms with Gasteiger partial charge in [-0.3, -0.25) is 4.79 Å². The number of Topliss-reactive ketones (excluding diaryl/α,β-unsaturated/α-hetero) is 1. The van der Waals surface area contributed by atoms with E-state index in [1.807, 2.05) is 6.07 Å². The third kappa shape index (κ3) is 5.51. The fourth-order valence-corrected chi connectivity index (χ4v) is 4.28. The van der Waals surface area contributed by atoms with E-state index in [1.165, 1.54) is 12.1 Å². The van der Waals surface area contributed by atoms with Crippen molar-refractivity contribution < 1.29 is 28.5 Å². The smallest absolute Gasteiger partial charge is 0.163 e. The number of hydrogen-bond donors (Lipinski definition) is 2. The second-order valence-electron chi connectivity index (χ2n) is 10.2. The van der Waals surface area contributed by atoms with Gasteiger partial charge < -0.3 is 25.1 Å². The van der Waals surface area contributed by atoms with Gasteiger partial charge in [-0.1, -0.05) is 0 Å². The van der Waals surface area contributed by atoms with Gasteiger partial charge >= 0.3 is 0 Å². The van der Waals surface area contributed by atoms with Gasteiger partial charge in [-0.25, -0.2) is 9.37 Å². The molecule has 0 amide bonds. The first kappa shape index (κ1) is 25.3. The summed E-state index contributed by atoms with van der Waals surface area (Å²) in [6.07, 6.45) is 2.49. The summed E-state index contributed by atoms with van der Waals surface area (Å²) in [5, 5.41) is 11.4. The molecule has 0 radical (unpaired) electrons. The van der Waals surface area contributed by atoms with E-state index in [-0.39, 0.29) is 30.5 Å². The van der Waals surface area contributed by atoms with Crippen LogP contribution in [-0.4, -0.2) is 42.3 Å². The normalized spacial score (nSPS) is 18.0. The van der Waals surface area contributed by atoms with Gasteiger partial charge in [0.25, 0.3) is 0 Å². The standard InChI is InChI=1S/C29H31FN2O5/c1-28(34,12-11-24(33)19-5-10-25(26(13-19)35-2)37-22-8-9-22)27-15-20(29(31)16-36-17-29)14-23(32-27)18-3-6-21(30)7-4-18/h3-7,10,13-15,22,34H,8-9,11-12,16-17,31H2,1-2H3. The first-order chi connectivity index (χ1) is 17.7. The highest BCUT2D eigenvalue weighted by Crippen LogP contribution is 2.36. The maximum atomic E-state index is 13.5. The highest BCUT2D eigenvalue weighted by atomic mass is 19.1. The second kappa shape index (κ2) is 9.85. The molecule has 194 valence electrons. The van der Waals surface area contributed by atoms with Crippen LogP contribution in [0.4, 0.5) is 4.39 Å². The lowest BCUT2D eigenvalue weighted by Crippen LogP contribution is -2.54. The summed E-state index contributed by atoms with van der Waals surface area (Å²) in [5.74, 6) is 0.656. The number of nitrogens with two attached hydrogens (primary N) is 1. The Balaban J connectivity index is 1.37. The number of carbonyl (C=O) groups excluding carboxylic acids is 1. The van der Waals surface area contributed by atoms with Crippen LogP contribution in [-0.2, 0) is 15.9 Å². The van der Waals surface area contributed by atoms with Gasteiger partial charge in [0, 0.05) is 17.5 Å². The van der Waals surface area contributed by atoms with E-state index >= 15 is 0 Å². The summed E-state index contributed by atoms with van der Waals surface area (Å²) in [5.41, 5.74) is 7.30. The van der Waals surface area contributed by atoms with Crippen molar-refractivity contribution >= 4 is 5.78 Å². The summed E-state index contributed by atoms with van der Waals surface area (Å²) >= 11 is 0. The number of pyridine rings is 1. The first-order valence-corrected chi connectivity index (χ1v) is 12.4. The number of rotatable bonds is 10. The molecule has 1 unspecified atom stereocenters. The van der Waals surface area contributed by atoms with Gasteiger partial charge in [0.15, 0.2) is 17.3 Å². The van der Waals surface area contributed by atoms with Crippen LogP contribution in [0.25, 0.3) is 11.3 Å². The quantitative estimate of drug-likeness (QED) is 0.391. The lowest BCUT2D eigenvalue weighted by Gasteiger charge is -2.39. The molecular weight excluding hydrogens is 475 g/mol. The molecule has 1 saturated heterocycles. The Morgan fingerprint density at radius 1 is 1.16 bits per heavy atom. The van der Waals surface area contributed by atoms with Gasteiger partial charge in [0.1, 0.15) is 11.4 Å². The number of methoxy groups -OCH3 is 1. The monoisotopic (exact) mass is 506 g/mol. The molecule has 8 heteroatoms. The van der Waals surface area contributed by atoms with E-state index < -0.39 is 11.1 Å². The van der Waals surface area contributed by atoms with Crippen LogP contribution in [0.1, 0.15) is 54.2 Å². The molecule has 1 aromatic heterocycles. The van der Waals surface area contributed by atoms with Crippen molar-refractivity contribution in [3.05, 3.63) is 77.2 Å². The molecule has 1 saturated carbocycles. The third-order valence-electron chi connectivity index (χ3n) is 6.95. The average molecular weight is 507 g/mol. The van der Waals surface area contributed by atoms with Crippen molar-refractivity contribution in [3.63, 3.8) is 0 Å². The van der Waals surface area contributed by atoms with Gasteiger partial charge in [0.05, 0.1) is 43.4 Å². The molecule has 37 heavy (non-hydrogen) atoms. The van der Waals surface area contributed by atoms with E-state index in [0.717, 1.165) is 18.4 Å².